The van der Waals surface area contributed by atoms with Crippen LogP contribution < -0.4 is 14.2 Å². The van der Waals surface area contributed by atoms with E-state index in [9.17, 15) is 23.5 Å². The molecule has 13 heteroatoms. The molecule has 0 spiro atoms. The largest absolute Gasteiger partial charge is 0.493 e. The highest BCUT2D eigenvalue weighted by Gasteiger charge is 2.38. The second-order valence-electron chi connectivity index (χ2n) is 13.9. The first-order chi connectivity index (χ1) is 28.2. The van der Waals surface area contributed by atoms with E-state index in [0.717, 1.165) is 34.4 Å². The van der Waals surface area contributed by atoms with Crippen molar-refractivity contribution in [2.75, 3.05) is 20.2 Å². The fourth-order valence-electron chi connectivity index (χ4n) is 6.91. The molecular formula is C45H42N4O8S. The lowest BCUT2D eigenvalue weighted by Crippen LogP contribution is -2.40. The summed E-state index contributed by atoms with van der Waals surface area (Å²) in [6.07, 6.45) is 2.66. The Morgan fingerprint density at radius 3 is 2.10 bits per heavy atom. The van der Waals surface area contributed by atoms with Crippen molar-refractivity contribution in [3.8, 4) is 17.2 Å². The zero-order valence-corrected chi connectivity index (χ0v) is 32.9. The Morgan fingerprint density at radius 2 is 1.41 bits per heavy atom. The van der Waals surface area contributed by atoms with Crippen LogP contribution in [0.3, 0.4) is 0 Å². The fourth-order valence-corrected chi connectivity index (χ4v) is 8.26. The van der Waals surface area contributed by atoms with Crippen molar-refractivity contribution in [2.45, 2.75) is 50.4 Å². The summed E-state index contributed by atoms with van der Waals surface area (Å²) in [6.45, 7) is 3.20. The van der Waals surface area contributed by atoms with Gasteiger partial charge in [0.15, 0.2) is 11.5 Å². The van der Waals surface area contributed by atoms with Crippen molar-refractivity contribution in [1.29, 1.82) is 0 Å². The summed E-state index contributed by atoms with van der Waals surface area (Å²) in [5, 5.41) is 0.221. The number of rotatable bonds is 14. The second kappa shape index (κ2) is 17.6. The van der Waals surface area contributed by atoms with E-state index >= 15 is 0 Å². The molecule has 1 saturated heterocycles. The Bertz CT molecular complexity index is 2580. The number of hydrogen-bond acceptors (Lipinski definition) is 8. The monoisotopic (exact) mass is 798 g/mol. The molecule has 12 nitrogen and oxygen atoms in total. The van der Waals surface area contributed by atoms with Gasteiger partial charge in [-0.25, -0.2) is 17.2 Å². The lowest BCUT2D eigenvalue weighted by Gasteiger charge is -2.30. The predicted molar refractivity (Wildman–Crippen MR) is 217 cm³/mol. The van der Waals surface area contributed by atoms with E-state index in [1.807, 2.05) is 37.3 Å². The number of benzene rings is 5. The molecule has 1 aliphatic rings. The van der Waals surface area contributed by atoms with Crippen LogP contribution in [-0.4, -0.2) is 59.9 Å². The number of aryl methyl sites for hydroxylation is 1. The molecule has 0 radical (unpaired) electrons. The average molecular weight is 799 g/mol. The summed E-state index contributed by atoms with van der Waals surface area (Å²) in [5.41, 5.74) is 13.1. The molecular weight excluding hydrogens is 757 g/mol. The quantitative estimate of drug-likeness (QED) is 0.0472. The van der Waals surface area contributed by atoms with Crippen LogP contribution in [0, 0.1) is 6.92 Å². The fraction of sp³-hybridized carbons (Fsp3) is 0.222. The first kappa shape index (κ1) is 39.5. The predicted octanol–water partition coefficient (Wildman–Crippen LogP) is 7.67. The Labute approximate surface area is 336 Å². The zero-order valence-electron chi connectivity index (χ0n) is 32.1. The van der Waals surface area contributed by atoms with Gasteiger partial charge in [-0.2, -0.15) is 4.79 Å². The summed E-state index contributed by atoms with van der Waals surface area (Å²) in [7, 11) is -2.58. The highest BCUT2D eigenvalue weighted by atomic mass is 32.2. The van der Waals surface area contributed by atoms with E-state index in [4.69, 9.17) is 18.9 Å². The van der Waals surface area contributed by atoms with Crippen molar-refractivity contribution in [2.24, 2.45) is 0 Å². The molecule has 7 rings (SSSR count). The van der Waals surface area contributed by atoms with E-state index in [1.54, 1.807) is 71.6 Å². The van der Waals surface area contributed by atoms with Gasteiger partial charge in [-0.3, -0.25) is 4.79 Å². The third-order valence-electron chi connectivity index (χ3n) is 9.99. The number of amides is 1. The Kier molecular flexibility index (Phi) is 12.0. The summed E-state index contributed by atoms with van der Waals surface area (Å²) < 4.78 is 52.9. The maximum absolute atomic E-state index is 14.3. The number of esters is 1. The van der Waals surface area contributed by atoms with E-state index in [1.165, 1.54) is 37.6 Å². The molecule has 1 fully saturated rings. The van der Waals surface area contributed by atoms with Gasteiger partial charge in [-0.15, -0.1) is 0 Å². The number of piperidine rings is 1. The van der Waals surface area contributed by atoms with Gasteiger partial charge in [0.25, 0.3) is 15.9 Å². The van der Waals surface area contributed by atoms with Gasteiger partial charge in [0, 0.05) is 30.2 Å². The number of likely N-dealkylation sites (tertiary alicyclic amines) is 1. The SMILES string of the molecule is COc1cc(COc2ccc3c(ccn3S(=O)(=O)c3ccc(C)cc3)c2C(=[N+]=[N-])C(=O)O[C@@H](C(=O)N2CCCCC2)c2ccccc2)ccc1OCc1ccccc1. The summed E-state index contributed by atoms with van der Waals surface area (Å²) >= 11 is 0. The van der Waals surface area contributed by atoms with Gasteiger partial charge < -0.3 is 29.4 Å². The number of ether oxygens (including phenoxy) is 4. The Balaban J connectivity index is 1.25. The first-order valence-electron chi connectivity index (χ1n) is 18.9. The minimum atomic E-state index is -4.11. The zero-order chi connectivity index (χ0) is 40.6. The first-order valence-corrected chi connectivity index (χ1v) is 20.3. The molecule has 1 aliphatic heterocycles. The third-order valence-corrected chi connectivity index (χ3v) is 11.7. The van der Waals surface area contributed by atoms with Gasteiger partial charge in [0.2, 0.25) is 6.10 Å². The van der Waals surface area contributed by atoms with E-state index < -0.39 is 33.7 Å². The number of methoxy groups -OCH3 is 1. The molecule has 0 unspecified atom stereocenters. The molecule has 0 aliphatic carbocycles. The number of carbonyl (C=O) groups is 2. The van der Waals surface area contributed by atoms with Crippen LogP contribution in [0.1, 0.15) is 53.2 Å². The molecule has 296 valence electrons. The minimum Gasteiger partial charge on any atom is -0.493 e. The molecule has 1 amide bonds. The normalized spacial score (nSPS) is 13.3. The van der Waals surface area contributed by atoms with Crippen LogP contribution in [0.5, 0.6) is 17.2 Å². The number of fused-ring (bicyclic) bond motifs is 1. The van der Waals surface area contributed by atoms with Crippen molar-refractivity contribution < 1.29 is 41.7 Å². The standard InChI is InChI=1S/C45H42N4O8S/c1-31-16-19-35(20-17-31)58(52,53)49-27-24-36-37(49)21-23-39(56-30-33-18-22-38(40(28-33)54-2)55-29-32-12-6-3-7-13-32)41(36)42(47-46)45(51)57-43(34-14-8-4-9-15-34)44(50)48-25-10-5-11-26-48/h3-4,6-9,12-24,27-28,43H,5,10-11,25-26,29-30H2,1-2H3/t43-/m1/s1. The van der Waals surface area contributed by atoms with Gasteiger partial charge in [0.05, 0.1) is 17.5 Å². The van der Waals surface area contributed by atoms with E-state index in [-0.39, 0.29) is 33.7 Å². The van der Waals surface area contributed by atoms with Crippen LogP contribution >= 0.6 is 0 Å². The molecule has 58 heavy (non-hydrogen) atoms. The van der Waals surface area contributed by atoms with Gasteiger partial charge in [0.1, 0.15) is 24.5 Å². The number of carbonyl (C=O) groups excluding carboxylic acids is 2. The number of nitrogens with zero attached hydrogens (tertiary/aromatic N) is 4. The smallest absolute Gasteiger partial charge is 0.423 e. The highest BCUT2D eigenvalue weighted by Crippen LogP contribution is 2.35. The lowest BCUT2D eigenvalue weighted by atomic mass is 10.0. The molecule has 0 N–H and O–H groups in total. The molecule has 0 saturated carbocycles. The lowest BCUT2D eigenvalue weighted by molar-refractivity contribution is -0.158. The van der Waals surface area contributed by atoms with Crippen molar-refractivity contribution >= 4 is 38.5 Å². The topological polar surface area (TPSA) is 150 Å². The summed E-state index contributed by atoms with van der Waals surface area (Å²) in [6, 6.07) is 34.7. The van der Waals surface area contributed by atoms with Crippen LogP contribution in [0.15, 0.2) is 132 Å². The van der Waals surface area contributed by atoms with Gasteiger partial charge in [-0.1, -0.05) is 84.4 Å². The van der Waals surface area contributed by atoms with Crippen molar-refractivity contribution in [1.82, 2.24) is 8.87 Å². The average Bonchev–Trinajstić information content (AvgIpc) is 3.71. The molecule has 2 heterocycles. The van der Waals surface area contributed by atoms with Crippen LogP contribution in [0.2, 0.25) is 0 Å². The van der Waals surface area contributed by atoms with Crippen molar-refractivity contribution in [3.63, 3.8) is 0 Å². The highest BCUT2D eigenvalue weighted by molar-refractivity contribution is 7.90. The van der Waals surface area contributed by atoms with Gasteiger partial charge in [-0.05, 0) is 79.8 Å². The molecule has 1 aromatic heterocycles. The molecule has 5 aromatic carbocycles. The molecule has 0 bridgehead atoms. The molecule has 6 aromatic rings. The Hall–Kier alpha value is -6.69. The summed E-state index contributed by atoms with van der Waals surface area (Å²) in [4.78, 5) is 33.3. The number of aromatic nitrogens is 1. The van der Waals surface area contributed by atoms with Crippen molar-refractivity contribution in [3.05, 3.63) is 161 Å². The van der Waals surface area contributed by atoms with Crippen LogP contribution in [-0.2, 0) is 37.6 Å². The van der Waals surface area contributed by atoms with Crippen LogP contribution in [0.4, 0.5) is 0 Å². The van der Waals surface area contributed by atoms with Crippen LogP contribution in [0.25, 0.3) is 16.4 Å². The number of hydrogen-bond donors (Lipinski definition) is 0. The molecule has 1 atom stereocenters. The van der Waals surface area contributed by atoms with Gasteiger partial charge >= 0.3 is 11.7 Å². The Morgan fingerprint density at radius 1 is 0.759 bits per heavy atom. The third kappa shape index (κ3) is 8.51. The second-order valence-corrected chi connectivity index (χ2v) is 15.7. The maximum Gasteiger partial charge on any atom is 0.423 e. The summed E-state index contributed by atoms with van der Waals surface area (Å²) in [5.74, 6) is -0.429. The minimum absolute atomic E-state index is 0.0325. The maximum atomic E-state index is 14.3. The van der Waals surface area contributed by atoms with E-state index in [2.05, 4.69) is 4.79 Å². The van der Waals surface area contributed by atoms with E-state index in [0.29, 0.717) is 42.3 Å².